The van der Waals surface area contributed by atoms with Crippen molar-refractivity contribution in [2.75, 3.05) is 57.9 Å². The molecule has 31 heavy (non-hydrogen) atoms. The number of benzene rings is 2. The summed E-state index contributed by atoms with van der Waals surface area (Å²) in [6.07, 6.45) is 0. The standard InChI is InChI=1S/C23H28N4O4/c1-17-3-2-4-18(15-17)22(28)26-23(24-7-8-27-9-11-29-12-10-27)25-19-5-6-20-21(16-19)31-14-13-30-20/h2-6,15-16H,7-14H2,1H3,(H2,24,25,26,28). The highest BCUT2D eigenvalue weighted by atomic mass is 16.6. The van der Waals surface area contributed by atoms with Crippen LogP contribution in [0.25, 0.3) is 0 Å². The summed E-state index contributed by atoms with van der Waals surface area (Å²) in [6.45, 7) is 7.67. The maximum absolute atomic E-state index is 12.8. The molecule has 0 radical (unpaired) electrons. The van der Waals surface area contributed by atoms with Crippen molar-refractivity contribution in [1.82, 2.24) is 10.2 Å². The first-order valence-corrected chi connectivity index (χ1v) is 10.6. The predicted octanol–water partition coefficient (Wildman–Crippen LogP) is 2.30. The number of hydrogen-bond donors (Lipinski definition) is 2. The van der Waals surface area contributed by atoms with Crippen LogP contribution in [-0.4, -0.2) is 69.4 Å². The first-order valence-electron chi connectivity index (χ1n) is 10.6. The van der Waals surface area contributed by atoms with Crippen molar-refractivity contribution in [2.24, 2.45) is 4.99 Å². The van der Waals surface area contributed by atoms with Crippen LogP contribution in [0.3, 0.4) is 0 Å². The second kappa shape index (κ2) is 10.3. The zero-order valence-electron chi connectivity index (χ0n) is 17.7. The quantitative estimate of drug-likeness (QED) is 0.566. The topological polar surface area (TPSA) is 84.4 Å². The van der Waals surface area contributed by atoms with Gasteiger partial charge in [0.1, 0.15) is 13.2 Å². The molecule has 164 valence electrons. The minimum atomic E-state index is -0.209. The molecule has 1 amide bonds. The fourth-order valence-corrected chi connectivity index (χ4v) is 3.46. The van der Waals surface area contributed by atoms with E-state index in [1.165, 1.54) is 0 Å². The molecule has 2 aromatic rings. The first-order chi connectivity index (χ1) is 15.2. The molecule has 8 nitrogen and oxygen atoms in total. The van der Waals surface area contributed by atoms with E-state index in [1.807, 2.05) is 43.3 Å². The van der Waals surface area contributed by atoms with Crippen molar-refractivity contribution in [3.63, 3.8) is 0 Å². The van der Waals surface area contributed by atoms with Crippen LogP contribution < -0.4 is 20.1 Å². The molecule has 8 heteroatoms. The van der Waals surface area contributed by atoms with E-state index < -0.39 is 0 Å². The number of amides is 1. The molecule has 0 bridgehead atoms. The molecule has 0 atom stereocenters. The zero-order chi connectivity index (χ0) is 21.5. The number of hydrogen-bond acceptors (Lipinski definition) is 6. The Bertz CT molecular complexity index is 941. The predicted molar refractivity (Wildman–Crippen MR) is 119 cm³/mol. The van der Waals surface area contributed by atoms with Gasteiger partial charge in [0.15, 0.2) is 11.5 Å². The molecule has 0 saturated carbocycles. The number of aliphatic imine (C=N–C) groups is 1. The Balaban J connectivity index is 1.47. The number of carbonyl (C=O) groups excluding carboxylic acids is 1. The Kier molecular flexibility index (Phi) is 7.01. The summed E-state index contributed by atoms with van der Waals surface area (Å²) in [5.74, 6) is 1.58. The Morgan fingerprint density at radius 3 is 2.65 bits per heavy atom. The molecule has 2 aliphatic heterocycles. The van der Waals surface area contributed by atoms with Gasteiger partial charge in [0.05, 0.1) is 19.8 Å². The largest absolute Gasteiger partial charge is 0.486 e. The van der Waals surface area contributed by atoms with Gasteiger partial charge in [0.25, 0.3) is 5.91 Å². The molecular weight excluding hydrogens is 396 g/mol. The number of nitrogens with zero attached hydrogens (tertiary/aromatic N) is 2. The van der Waals surface area contributed by atoms with Crippen molar-refractivity contribution in [3.05, 3.63) is 53.6 Å². The van der Waals surface area contributed by atoms with Gasteiger partial charge in [-0.05, 0) is 31.2 Å². The van der Waals surface area contributed by atoms with Crippen LogP contribution >= 0.6 is 0 Å². The maximum Gasteiger partial charge on any atom is 0.257 e. The number of guanidine groups is 1. The highest BCUT2D eigenvalue weighted by molar-refractivity contribution is 6.10. The van der Waals surface area contributed by atoms with Gasteiger partial charge in [-0.25, -0.2) is 0 Å². The highest BCUT2D eigenvalue weighted by Crippen LogP contribution is 2.32. The number of aryl methyl sites for hydroxylation is 1. The number of morpholine rings is 1. The van der Waals surface area contributed by atoms with Gasteiger partial charge in [-0.15, -0.1) is 0 Å². The lowest BCUT2D eigenvalue weighted by Crippen LogP contribution is -2.39. The number of rotatable bonds is 5. The number of carbonyl (C=O) groups is 1. The zero-order valence-corrected chi connectivity index (χ0v) is 17.7. The van der Waals surface area contributed by atoms with Gasteiger partial charge in [0, 0.05) is 37.0 Å². The summed E-state index contributed by atoms with van der Waals surface area (Å²) in [6, 6.07) is 13.1. The third kappa shape index (κ3) is 5.96. The van der Waals surface area contributed by atoms with E-state index in [4.69, 9.17) is 14.2 Å². The average Bonchev–Trinajstić information content (AvgIpc) is 2.79. The summed E-state index contributed by atoms with van der Waals surface area (Å²) in [5.41, 5.74) is 2.38. The lowest BCUT2D eigenvalue weighted by Gasteiger charge is -2.25. The van der Waals surface area contributed by atoms with E-state index in [9.17, 15) is 4.79 Å². The molecule has 1 fully saturated rings. The van der Waals surface area contributed by atoms with E-state index in [1.54, 1.807) is 6.07 Å². The fraction of sp³-hybridized carbons (Fsp3) is 0.391. The summed E-state index contributed by atoms with van der Waals surface area (Å²) in [5, 5.41) is 6.13. The summed E-state index contributed by atoms with van der Waals surface area (Å²) < 4.78 is 16.6. The Morgan fingerprint density at radius 1 is 1.03 bits per heavy atom. The van der Waals surface area contributed by atoms with Crippen molar-refractivity contribution in [1.29, 1.82) is 0 Å². The maximum atomic E-state index is 12.8. The van der Waals surface area contributed by atoms with E-state index >= 15 is 0 Å². The molecule has 0 unspecified atom stereocenters. The summed E-state index contributed by atoms with van der Waals surface area (Å²) in [4.78, 5) is 19.7. The highest BCUT2D eigenvalue weighted by Gasteiger charge is 2.15. The van der Waals surface area contributed by atoms with Crippen LogP contribution in [0.15, 0.2) is 47.5 Å². The molecule has 2 aliphatic rings. The lowest BCUT2D eigenvalue weighted by atomic mass is 10.1. The fourth-order valence-electron chi connectivity index (χ4n) is 3.46. The lowest BCUT2D eigenvalue weighted by molar-refractivity contribution is 0.0394. The van der Waals surface area contributed by atoms with E-state index in [0.717, 1.165) is 44.1 Å². The minimum Gasteiger partial charge on any atom is -0.486 e. The van der Waals surface area contributed by atoms with E-state index in [0.29, 0.717) is 42.8 Å². The molecule has 2 N–H and O–H groups in total. The number of nitrogens with one attached hydrogen (secondary N) is 2. The molecule has 0 spiro atoms. The Labute approximate surface area is 182 Å². The van der Waals surface area contributed by atoms with Crippen molar-refractivity contribution >= 4 is 17.6 Å². The van der Waals surface area contributed by atoms with Crippen LogP contribution in [0.5, 0.6) is 11.5 Å². The van der Waals surface area contributed by atoms with Gasteiger partial charge in [-0.3, -0.25) is 20.0 Å². The van der Waals surface area contributed by atoms with Gasteiger partial charge in [0.2, 0.25) is 5.96 Å². The molecule has 1 saturated heterocycles. The Hall–Kier alpha value is -3.10. The molecule has 4 rings (SSSR count). The molecule has 0 aliphatic carbocycles. The van der Waals surface area contributed by atoms with Gasteiger partial charge >= 0.3 is 0 Å². The second-order valence-electron chi connectivity index (χ2n) is 7.49. The second-order valence-corrected chi connectivity index (χ2v) is 7.49. The molecule has 2 heterocycles. The first kappa shape index (κ1) is 21.1. The van der Waals surface area contributed by atoms with Gasteiger partial charge in [-0.2, -0.15) is 0 Å². The van der Waals surface area contributed by atoms with Gasteiger partial charge < -0.3 is 19.5 Å². The third-order valence-corrected chi connectivity index (χ3v) is 5.11. The summed E-state index contributed by atoms with van der Waals surface area (Å²) in [7, 11) is 0. The normalized spacial score (nSPS) is 16.6. The van der Waals surface area contributed by atoms with E-state index in [2.05, 4.69) is 20.5 Å². The third-order valence-electron chi connectivity index (χ3n) is 5.11. The minimum absolute atomic E-state index is 0.209. The van der Waals surface area contributed by atoms with Crippen LogP contribution in [0, 0.1) is 6.92 Å². The number of fused-ring (bicyclic) bond motifs is 1. The molecular formula is C23H28N4O4. The van der Waals surface area contributed by atoms with E-state index in [-0.39, 0.29) is 5.91 Å². The van der Waals surface area contributed by atoms with Crippen LogP contribution in [0.1, 0.15) is 15.9 Å². The van der Waals surface area contributed by atoms with Gasteiger partial charge in [-0.1, -0.05) is 17.7 Å². The Morgan fingerprint density at radius 2 is 1.84 bits per heavy atom. The van der Waals surface area contributed by atoms with Crippen molar-refractivity contribution < 1.29 is 19.0 Å². The summed E-state index contributed by atoms with van der Waals surface area (Å²) >= 11 is 0. The monoisotopic (exact) mass is 424 g/mol. The average molecular weight is 425 g/mol. The number of ether oxygens (including phenoxy) is 3. The van der Waals surface area contributed by atoms with Crippen LogP contribution in [-0.2, 0) is 4.74 Å². The van der Waals surface area contributed by atoms with Crippen LogP contribution in [0.4, 0.5) is 5.69 Å². The van der Waals surface area contributed by atoms with Crippen LogP contribution in [0.2, 0.25) is 0 Å². The number of anilines is 1. The molecule has 2 aromatic carbocycles. The van der Waals surface area contributed by atoms with Crippen molar-refractivity contribution in [3.8, 4) is 11.5 Å². The van der Waals surface area contributed by atoms with Crippen molar-refractivity contribution in [2.45, 2.75) is 6.92 Å². The SMILES string of the molecule is Cc1cccc(C(=O)NC(=NCCN2CCOCC2)Nc2ccc3c(c2)OCCO3)c1. The smallest absolute Gasteiger partial charge is 0.257 e. The molecule has 0 aromatic heterocycles.